The number of nitrogens with zero attached hydrogens (tertiary/aromatic N) is 3. The molecule has 0 saturated carbocycles. The number of aromatic nitrogens is 2. The monoisotopic (exact) mass is 343 g/mol. The Hall–Kier alpha value is -1.73. The standard InChI is InChI=1S/C11H7BrClN3O3/c1-6-4-7(12)5-8(16(17)18)9(6)19-11-10(13)14-2-3-15-11/h2-5H,1H3. The van der Waals surface area contributed by atoms with Crippen LogP contribution in [0.4, 0.5) is 5.69 Å². The Morgan fingerprint density at radius 1 is 1.37 bits per heavy atom. The fraction of sp³-hybridized carbons (Fsp3) is 0.0909. The first-order valence-corrected chi connectivity index (χ1v) is 6.25. The van der Waals surface area contributed by atoms with Gasteiger partial charge in [-0.2, -0.15) is 0 Å². The first kappa shape index (κ1) is 13.7. The summed E-state index contributed by atoms with van der Waals surface area (Å²) in [6.45, 7) is 1.69. The molecule has 0 aliphatic rings. The van der Waals surface area contributed by atoms with Crippen LogP contribution in [0.2, 0.25) is 5.15 Å². The van der Waals surface area contributed by atoms with Gasteiger partial charge in [0.15, 0.2) is 5.15 Å². The molecule has 1 aromatic heterocycles. The van der Waals surface area contributed by atoms with Crippen molar-refractivity contribution in [2.24, 2.45) is 0 Å². The Kier molecular flexibility index (Phi) is 3.96. The first-order valence-electron chi connectivity index (χ1n) is 5.08. The molecule has 0 aliphatic heterocycles. The van der Waals surface area contributed by atoms with Crippen LogP contribution in [0, 0.1) is 17.0 Å². The summed E-state index contributed by atoms with van der Waals surface area (Å²) in [5.41, 5.74) is 0.413. The SMILES string of the molecule is Cc1cc(Br)cc([N+](=O)[O-])c1Oc1nccnc1Cl. The van der Waals surface area contributed by atoms with E-state index in [1.165, 1.54) is 18.5 Å². The van der Waals surface area contributed by atoms with Gasteiger partial charge in [0.25, 0.3) is 5.88 Å². The van der Waals surface area contributed by atoms with E-state index in [0.29, 0.717) is 10.0 Å². The summed E-state index contributed by atoms with van der Waals surface area (Å²) in [6.07, 6.45) is 2.79. The van der Waals surface area contributed by atoms with Crippen molar-refractivity contribution in [3.05, 3.63) is 49.8 Å². The van der Waals surface area contributed by atoms with Crippen molar-refractivity contribution in [3.8, 4) is 11.6 Å². The molecule has 0 N–H and O–H groups in total. The quantitative estimate of drug-likeness (QED) is 0.623. The third kappa shape index (κ3) is 2.99. The number of aryl methyl sites for hydroxylation is 1. The van der Waals surface area contributed by atoms with Crippen molar-refractivity contribution in [1.82, 2.24) is 9.97 Å². The van der Waals surface area contributed by atoms with E-state index in [9.17, 15) is 10.1 Å². The predicted octanol–water partition coefficient (Wildman–Crippen LogP) is 3.90. The highest BCUT2D eigenvalue weighted by Gasteiger charge is 2.21. The normalized spacial score (nSPS) is 10.3. The van der Waals surface area contributed by atoms with Crippen LogP contribution in [-0.2, 0) is 0 Å². The zero-order chi connectivity index (χ0) is 14.0. The summed E-state index contributed by atoms with van der Waals surface area (Å²) >= 11 is 9.01. The van der Waals surface area contributed by atoms with E-state index < -0.39 is 4.92 Å². The summed E-state index contributed by atoms with van der Waals surface area (Å²) in [6, 6.07) is 3.05. The Labute approximate surface area is 121 Å². The summed E-state index contributed by atoms with van der Waals surface area (Å²) in [5.74, 6) is 0.119. The van der Waals surface area contributed by atoms with E-state index in [1.54, 1.807) is 13.0 Å². The number of rotatable bonds is 3. The average Bonchev–Trinajstić information content (AvgIpc) is 2.34. The fourth-order valence-corrected chi connectivity index (χ4v) is 2.16. The Bertz CT molecular complexity index is 651. The second-order valence-electron chi connectivity index (χ2n) is 3.58. The van der Waals surface area contributed by atoms with Gasteiger partial charge >= 0.3 is 5.69 Å². The number of hydrogen-bond donors (Lipinski definition) is 0. The summed E-state index contributed by atoms with van der Waals surface area (Å²) in [5, 5.41) is 11.1. The van der Waals surface area contributed by atoms with Crippen LogP contribution in [0.15, 0.2) is 29.0 Å². The largest absolute Gasteiger partial charge is 0.429 e. The molecule has 0 unspecified atom stereocenters. The molecule has 98 valence electrons. The molecular formula is C11H7BrClN3O3. The lowest BCUT2D eigenvalue weighted by Gasteiger charge is -2.09. The van der Waals surface area contributed by atoms with Crippen molar-refractivity contribution in [2.45, 2.75) is 6.92 Å². The van der Waals surface area contributed by atoms with Gasteiger partial charge in [-0.15, -0.1) is 0 Å². The maximum absolute atomic E-state index is 11.0. The number of hydrogen-bond acceptors (Lipinski definition) is 5. The number of benzene rings is 1. The van der Waals surface area contributed by atoms with Gasteiger partial charge < -0.3 is 4.74 Å². The van der Waals surface area contributed by atoms with E-state index in [4.69, 9.17) is 16.3 Å². The van der Waals surface area contributed by atoms with Crippen LogP contribution in [-0.4, -0.2) is 14.9 Å². The van der Waals surface area contributed by atoms with Gasteiger partial charge in [0, 0.05) is 28.5 Å². The fourth-order valence-electron chi connectivity index (χ4n) is 1.45. The van der Waals surface area contributed by atoms with Gasteiger partial charge in [-0.25, -0.2) is 9.97 Å². The van der Waals surface area contributed by atoms with Crippen LogP contribution in [0.1, 0.15) is 5.56 Å². The van der Waals surface area contributed by atoms with Gasteiger partial charge in [0.2, 0.25) is 5.75 Å². The molecular weight excluding hydrogens is 337 g/mol. The van der Waals surface area contributed by atoms with Gasteiger partial charge in [-0.3, -0.25) is 10.1 Å². The molecule has 19 heavy (non-hydrogen) atoms. The van der Waals surface area contributed by atoms with Gasteiger partial charge in [-0.05, 0) is 13.0 Å². The van der Waals surface area contributed by atoms with Crippen molar-refractivity contribution < 1.29 is 9.66 Å². The topological polar surface area (TPSA) is 78.2 Å². The summed E-state index contributed by atoms with van der Waals surface area (Å²) < 4.78 is 6.01. The van der Waals surface area contributed by atoms with Crippen LogP contribution in [0.3, 0.4) is 0 Å². The number of nitro groups is 1. The maximum Gasteiger partial charge on any atom is 0.313 e. The molecule has 1 aromatic carbocycles. The van der Waals surface area contributed by atoms with Crippen molar-refractivity contribution >= 4 is 33.2 Å². The molecule has 2 rings (SSSR count). The lowest BCUT2D eigenvalue weighted by molar-refractivity contribution is -0.385. The lowest BCUT2D eigenvalue weighted by atomic mass is 10.2. The highest BCUT2D eigenvalue weighted by atomic mass is 79.9. The highest BCUT2D eigenvalue weighted by Crippen LogP contribution is 2.37. The first-order chi connectivity index (χ1) is 8.99. The molecule has 0 atom stereocenters. The van der Waals surface area contributed by atoms with Crippen LogP contribution in [0.5, 0.6) is 11.6 Å². The predicted molar refractivity (Wildman–Crippen MR) is 72.6 cm³/mol. The summed E-state index contributed by atoms with van der Waals surface area (Å²) in [7, 11) is 0. The smallest absolute Gasteiger partial charge is 0.313 e. The minimum atomic E-state index is -0.530. The number of ether oxygens (including phenoxy) is 1. The number of halogens is 2. The van der Waals surface area contributed by atoms with Crippen LogP contribution < -0.4 is 4.74 Å². The Morgan fingerprint density at radius 2 is 2.05 bits per heavy atom. The van der Waals surface area contributed by atoms with E-state index in [0.717, 1.165) is 0 Å². The highest BCUT2D eigenvalue weighted by molar-refractivity contribution is 9.10. The summed E-state index contributed by atoms with van der Waals surface area (Å²) in [4.78, 5) is 18.2. The van der Waals surface area contributed by atoms with Gasteiger partial charge in [-0.1, -0.05) is 27.5 Å². The minimum absolute atomic E-state index is 0.0256. The van der Waals surface area contributed by atoms with Crippen molar-refractivity contribution in [2.75, 3.05) is 0 Å². The Balaban J connectivity index is 2.51. The molecule has 0 bridgehead atoms. The second kappa shape index (κ2) is 5.50. The van der Waals surface area contributed by atoms with E-state index >= 15 is 0 Å². The molecule has 8 heteroatoms. The van der Waals surface area contributed by atoms with Crippen LogP contribution in [0.25, 0.3) is 0 Å². The molecule has 0 saturated heterocycles. The molecule has 1 heterocycles. The zero-order valence-electron chi connectivity index (χ0n) is 9.63. The molecule has 0 spiro atoms. The molecule has 6 nitrogen and oxygen atoms in total. The van der Waals surface area contributed by atoms with Crippen LogP contribution >= 0.6 is 27.5 Å². The lowest BCUT2D eigenvalue weighted by Crippen LogP contribution is -1.98. The third-order valence-electron chi connectivity index (χ3n) is 2.24. The van der Waals surface area contributed by atoms with Crippen molar-refractivity contribution in [3.63, 3.8) is 0 Å². The Morgan fingerprint density at radius 3 is 2.68 bits per heavy atom. The molecule has 0 amide bonds. The minimum Gasteiger partial charge on any atom is -0.429 e. The molecule has 2 aromatic rings. The molecule has 0 fully saturated rings. The van der Waals surface area contributed by atoms with Gasteiger partial charge in [0.1, 0.15) is 0 Å². The zero-order valence-corrected chi connectivity index (χ0v) is 12.0. The molecule has 0 radical (unpaired) electrons. The third-order valence-corrected chi connectivity index (χ3v) is 2.96. The maximum atomic E-state index is 11.0. The average molecular weight is 345 g/mol. The van der Waals surface area contributed by atoms with Crippen molar-refractivity contribution in [1.29, 1.82) is 0 Å². The van der Waals surface area contributed by atoms with E-state index in [-0.39, 0.29) is 22.5 Å². The van der Waals surface area contributed by atoms with E-state index in [2.05, 4.69) is 25.9 Å². The molecule has 0 aliphatic carbocycles. The van der Waals surface area contributed by atoms with Gasteiger partial charge in [0.05, 0.1) is 4.92 Å². The second-order valence-corrected chi connectivity index (χ2v) is 4.86. The van der Waals surface area contributed by atoms with E-state index in [1.807, 2.05) is 0 Å². The number of nitro benzene ring substituents is 1.